The second-order valence-electron chi connectivity index (χ2n) is 14.4. The molecule has 12 aromatic rings. The van der Waals surface area contributed by atoms with E-state index < -0.39 is 0 Å². The van der Waals surface area contributed by atoms with Gasteiger partial charge in [-0.1, -0.05) is 115 Å². The summed E-state index contributed by atoms with van der Waals surface area (Å²) < 4.78 is 19.0. The topological polar surface area (TPSA) is 78.1 Å². The predicted octanol–water partition coefficient (Wildman–Crippen LogP) is 13.9. The van der Waals surface area contributed by atoms with Crippen LogP contribution in [0.15, 0.2) is 189 Å². The molecule has 0 bridgehead atoms. The molecule has 6 heteroatoms. The maximum absolute atomic E-state index is 6.51. The lowest BCUT2D eigenvalue weighted by atomic mass is 9.93. The predicted molar refractivity (Wildman–Crippen MR) is 229 cm³/mol. The highest BCUT2D eigenvalue weighted by molar-refractivity contribution is 6.09. The van der Waals surface area contributed by atoms with Crippen LogP contribution >= 0.6 is 0 Å². The van der Waals surface area contributed by atoms with Crippen molar-refractivity contribution in [1.82, 2.24) is 15.0 Å². The molecular formula is C51H29N3O3. The number of para-hydroxylation sites is 2. The fourth-order valence-corrected chi connectivity index (χ4v) is 8.18. The summed E-state index contributed by atoms with van der Waals surface area (Å²) in [5, 5.41) is 6.43. The van der Waals surface area contributed by atoms with Gasteiger partial charge in [-0.25, -0.2) is 15.0 Å². The summed E-state index contributed by atoms with van der Waals surface area (Å²) in [5.41, 5.74) is 12.0. The summed E-state index contributed by atoms with van der Waals surface area (Å²) in [4.78, 5) is 15.0. The van der Waals surface area contributed by atoms with E-state index >= 15 is 0 Å². The molecule has 0 radical (unpaired) electrons. The lowest BCUT2D eigenvalue weighted by Crippen LogP contribution is -2.00. The molecule has 6 nitrogen and oxygen atoms in total. The van der Waals surface area contributed by atoms with Gasteiger partial charge in [0.05, 0.1) is 0 Å². The summed E-state index contributed by atoms with van der Waals surface area (Å²) in [6.45, 7) is 0. The molecule has 0 amide bonds. The van der Waals surface area contributed by atoms with Gasteiger partial charge in [0, 0.05) is 49.0 Å². The molecule has 0 aliphatic carbocycles. The van der Waals surface area contributed by atoms with Gasteiger partial charge in [-0.15, -0.1) is 0 Å². The SMILES string of the molecule is c1ccc(-c2nc(-c3ccc4c(c3)oc3ccccc34)nc(-c3ccc4c(c3)oc3ccc(-c5ccccc5-c5ccc6c(c5)oc5ccccc56)cc34)n2)cc1. The van der Waals surface area contributed by atoms with E-state index in [0.717, 1.165) is 105 Å². The van der Waals surface area contributed by atoms with E-state index in [1.807, 2.05) is 84.9 Å². The van der Waals surface area contributed by atoms with Crippen LogP contribution in [-0.4, -0.2) is 15.0 Å². The highest BCUT2D eigenvalue weighted by Crippen LogP contribution is 2.40. The normalized spacial score (nSPS) is 11.9. The second kappa shape index (κ2) is 12.3. The average Bonchev–Trinajstić information content (AvgIpc) is 3.96. The van der Waals surface area contributed by atoms with Gasteiger partial charge in [0.1, 0.15) is 33.5 Å². The van der Waals surface area contributed by atoms with Crippen molar-refractivity contribution in [2.75, 3.05) is 0 Å². The van der Waals surface area contributed by atoms with Crippen LogP contribution in [0, 0.1) is 0 Å². The van der Waals surface area contributed by atoms with E-state index in [9.17, 15) is 0 Å². The van der Waals surface area contributed by atoms with Crippen LogP contribution in [0.25, 0.3) is 122 Å². The van der Waals surface area contributed by atoms with Crippen molar-refractivity contribution in [3.63, 3.8) is 0 Å². The van der Waals surface area contributed by atoms with E-state index in [1.54, 1.807) is 0 Å². The molecule has 0 spiro atoms. The Hall–Kier alpha value is -7.83. The van der Waals surface area contributed by atoms with Gasteiger partial charge < -0.3 is 13.3 Å². The summed E-state index contributed by atoms with van der Waals surface area (Å²) in [6.07, 6.45) is 0. The van der Waals surface area contributed by atoms with Gasteiger partial charge in [0.15, 0.2) is 17.5 Å². The zero-order valence-electron chi connectivity index (χ0n) is 30.3. The van der Waals surface area contributed by atoms with Crippen molar-refractivity contribution in [3.05, 3.63) is 176 Å². The van der Waals surface area contributed by atoms with Crippen LogP contribution in [0.3, 0.4) is 0 Å². The first kappa shape index (κ1) is 31.5. The molecule has 4 heterocycles. The van der Waals surface area contributed by atoms with Crippen LogP contribution in [0.4, 0.5) is 0 Å². The van der Waals surface area contributed by atoms with Gasteiger partial charge in [-0.05, 0) is 82.9 Å². The minimum Gasteiger partial charge on any atom is -0.456 e. The zero-order valence-corrected chi connectivity index (χ0v) is 30.3. The lowest BCUT2D eigenvalue weighted by Gasteiger charge is -2.10. The van der Waals surface area contributed by atoms with Gasteiger partial charge in [0.25, 0.3) is 0 Å². The molecule has 0 fully saturated rings. The Morgan fingerprint density at radius 1 is 0.246 bits per heavy atom. The van der Waals surface area contributed by atoms with E-state index in [1.165, 1.54) is 0 Å². The number of benzene rings is 8. The van der Waals surface area contributed by atoms with Crippen LogP contribution in [0.1, 0.15) is 0 Å². The van der Waals surface area contributed by atoms with Crippen molar-refractivity contribution in [3.8, 4) is 56.4 Å². The highest BCUT2D eigenvalue weighted by Gasteiger charge is 2.18. The fraction of sp³-hybridized carbons (Fsp3) is 0. The molecule has 0 unspecified atom stereocenters. The fourth-order valence-electron chi connectivity index (χ4n) is 8.18. The monoisotopic (exact) mass is 731 g/mol. The Bertz CT molecular complexity index is 3540. The van der Waals surface area contributed by atoms with Gasteiger partial charge in [-0.3, -0.25) is 0 Å². The number of hydrogen-bond donors (Lipinski definition) is 0. The van der Waals surface area contributed by atoms with Crippen molar-refractivity contribution in [2.24, 2.45) is 0 Å². The first-order chi connectivity index (χ1) is 28.2. The summed E-state index contributed by atoms with van der Waals surface area (Å²) in [6, 6.07) is 60.0. The van der Waals surface area contributed by atoms with Crippen LogP contribution in [0.5, 0.6) is 0 Å². The van der Waals surface area contributed by atoms with E-state index in [0.29, 0.717) is 17.5 Å². The second-order valence-corrected chi connectivity index (χ2v) is 14.4. The maximum atomic E-state index is 6.51. The molecule has 0 saturated heterocycles. The maximum Gasteiger partial charge on any atom is 0.164 e. The Morgan fingerprint density at radius 2 is 0.632 bits per heavy atom. The van der Waals surface area contributed by atoms with Crippen molar-refractivity contribution in [1.29, 1.82) is 0 Å². The molecule has 0 N–H and O–H groups in total. The number of rotatable bonds is 5. The Kier molecular flexibility index (Phi) is 6.83. The van der Waals surface area contributed by atoms with Gasteiger partial charge in [0.2, 0.25) is 0 Å². The summed E-state index contributed by atoms with van der Waals surface area (Å²) in [7, 11) is 0. The Morgan fingerprint density at radius 3 is 1.21 bits per heavy atom. The standard InChI is InChI=1S/C51H29N3O3/c1-2-10-30(11-3-1)49-52-50(33-19-23-40-38-15-7-9-17-44(38)56-47(40)28-33)54-51(53-49)34-20-24-41-42-26-31(21-25-45(42)57-48(41)29-34)35-12-4-5-13-36(35)32-18-22-39-37-14-6-8-16-43(37)55-46(39)27-32/h1-29H. The molecule has 266 valence electrons. The van der Waals surface area contributed by atoms with Crippen molar-refractivity contribution in [2.45, 2.75) is 0 Å². The Labute approximate surface area is 325 Å². The molecular weight excluding hydrogens is 703 g/mol. The molecule has 4 aromatic heterocycles. The number of fused-ring (bicyclic) bond motifs is 9. The lowest BCUT2D eigenvalue weighted by molar-refractivity contribution is 0.668. The first-order valence-corrected chi connectivity index (χ1v) is 18.9. The third-order valence-corrected chi connectivity index (χ3v) is 11.0. The van der Waals surface area contributed by atoms with E-state index in [2.05, 4.69) is 91.0 Å². The van der Waals surface area contributed by atoms with E-state index in [4.69, 9.17) is 28.2 Å². The minimum atomic E-state index is 0.557. The molecule has 0 aliphatic heterocycles. The third kappa shape index (κ3) is 5.15. The number of nitrogens with zero attached hydrogens (tertiary/aromatic N) is 3. The average molecular weight is 732 g/mol. The number of aromatic nitrogens is 3. The molecule has 12 rings (SSSR count). The van der Waals surface area contributed by atoms with Crippen LogP contribution in [0.2, 0.25) is 0 Å². The molecule has 8 aromatic carbocycles. The molecule has 57 heavy (non-hydrogen) atoms. The van der Waals surface area contributed by atoms with Gasteiger partial charge in [-0.2, -0.15) is 0 Å². The highest BCUT2D eigenvalue weighted by atomic mass is 16.3. The quantitative estimate of drug-likeness (QED) is 0.175. The third-order valence-electron chi connectivity index (χ3n) is 11.0. The zero-order chi connectivity index (χ0) is 37.5. The van der Waals surface area contributed by atoms with Crippen LogP contribution in [-0.2, 0) is 0 Å². The smallest absolute Gasteiger partial charge is 0.164 e. The first-order valence-electron chi connectivity index (χ1n) is 18.9. The molecule has 0 saturated carbocycles. The van der Waals surface area contributed by atoms with Gasteiger partial charge >= 0.3 is 0 Å². The largest absolute Gasteiger partial charge is 0.456 e. The summed E-state index contributed by atoms with van der Waals surface area (Å²) in [5.74, 6) is 1.71. The summed E-state index contributed by atoms with van der Waals surface area (Å²) >= 11 is 0. The van der Waals surface area contributed by atoms with Crippen LogP contribution < -0.4 is 0 Å². The molecule has 0 aliphatic rings. The van der Waals surface area contributed by atoms with E-state index in [-0.39, 0.29) is 0 Å². The molecule has 0 atom stereocenters. The number of hydrogen-bond acceptors (Lipinski definition) is 6. The Balaban J connectivity index is 0.951. The van der Waals surface area contributed by atoms with Crippen molar-refractivity contribution >= 4 is 65.8 Å². The number of furan rings is 3. The van der Waals surface area contributed by atoms with Crippen molar-refractivity contribution < 1.29 is 13.3 Å². The minimum absolute atomic E-state index is 0.557.